The molecule has 1 unspecified atom stereocenters. The molecule has 0 bridgehead atoms. The molecule has 1 aromatic carbocycles. The molecule has 0 spiro atoms. The van der Waals surface area contributed by atoms with Crippen LogP contribution in [0.2, 0.25) is 5.02 Å². The Labute approximate surface area is 192 Å². The molecule has 164 valence electrons. The molecule has 6 nitrogen and oxygen atoms in total. The van der Waals surface area contributed by atoms with E-state index >= 15 is 0 Å². The summed E-state index contributed by atoms with van der Waals surface area (Å²) >= 11 is 11.4. The van der Waals surface area contributed by atoms with Gasteiger partial charge in [0.2, 0.25) is 0 Å². The van der Waals surface area contributed by atoms with Gasteiger partial charge in [0.25, 0.3) is 0 Å². The molecule has 2 aromatic heterocycles. The summed E-state index contributed by atoms with van der Waals surface area (Å²) in [5, 5.41) is 6.81. The van der Waals surface area contributed by atoms with Gasteiger partial charge in [-0.1, -0.05) is 45.0 Å². The number of ether oxygens (including phenoxy) is 1. The summed E-state index contributed by atoms with van der Waals surface area (Å²) in [6, 6.07) is 9.72. The number of benzene rings is 1. The van der Waals surface area contributed by atoms with E-state index in [0.717, 1.165) is 22.5 Å². The number of rotatable bonds is 7. The van der Waals surface area contributed by atoms with Crippen molar-refractivity contribution in [1.29, 1.82) is 0 Å². The van der Waals surface area contributed by atoms with Crippen LogP contribution < -0.4 is 10.1 Å². The van der Waals surface area contributed by atoms with Crippen molar-refractivity contribution in [2.24, 2.45) is 5.41 Å². The van der Waals surface area contributed by atoms with Crippen molar-refractivity contribution < 1.29 is 9.26 Å². The molecule has 0 aliphatic rings. The molecule has 2 N–H and O–H groups in total. The van der Waals surface area contributed by atoms with Crippen LogP contribution in [0.5, 0.6) is 5.75 Å². The lowest BCUT2D eigenvalue weighted by Crippen LogP contribution is -2.31. The summed E-state index contributed by atoms with van der Waals surface area (Å²) in [7, 11) is 1.61. The molecule has 0 aliphatic carbocycles. The van der Waals surface area contributed by atoms with Gasteiger partial charge in [-0.25, -0.2) is 4.98 Å². The van der Waals surface area contributed by atoms with Crippen LogP contribution in [-0.2, 0) is 6.42 Å². The van der Waals surface area contributed by atoms with Crippen LogP contribution >= 0.6 is 23.8 Å². The predicted octanol–water partition coefficient (Wildman–Crippen LogP) is 6.56. The molecule has 0 aliphatic heterocycles. The van der Waals surface area contributed by atoms with E-state index in [1.54, 1.807) is 7.11 Å². The minimum Gasteiger partial charge on any atom is -0.495 e. The molecule has 2 heterocycles. The Morgan fingerprint density at radius 2 is 2.06 bits per heavy atom. The highest BCUT2D eigenvalue weighted by Gasteiger charge is 2.22. The molecule has 8 heteroatoms. The first-order valence-electron chi connectivity index (χ1n) is 9.92. The molecule has 31 heavy (non-hydrogen) atoms. The van der Waals surface area contributed by atoms with Crippen LogP contribution in [0.25, 0.3) is 17.1 Å². The second kappa shape index (κ2) is 9.24. The lowest BCUT2D eigenvalue weighted by molar-refractivity contribution is 0.359. The summed E-state index contributed by atoms with van der Waals surface area (Å²) < 4.78 is 10.4. The number of halogens is 1. The smallest absolute Gasteiger partial charge is 0.314 e. The number of aromatic nitrogens is 3. The SMILES string of the molecule is C=C(Cc1cccc(-c2nc(=S)o[nH]2)n1)c1cc(Cl)c(OC)cc1NC(C)C(C)(C)C. The normalized spacial score (nSPS) is 12.5. The van der Waals surface area contributed by atoms with Gasteiger partial charge in [-0.2, -0.15) is 10.1 Å². The highest BCUT2D eigenvalue weighted by molar-refractivity contribution is 7.71. The van der Waals surface area contributed by atoms with E-state index in [1.165, 1.54) is 0 Å². The first-order valence-corrected chi connectivity index (χ1v) is 10.7. The number of H-pyrrole nitrogens is 1. The van der Waals surface area contributed by atoms with Crippen molar-refractivity contribution in [3.8, 4) is 17.3 Å². The Hall–Kier alpha value is -2.64. The summed E-state index contributed by atoms with van der Waals surface area (Å²) in [4.78, 5) is 8.94. The fourth-order valence-corrected chi connectivity index (χ4v) is 3.31. The van der Waals surface area contributed by atoms with Crippen molar-refractivity contribution in [3.05, 3.63) is 58.0 Å². The van der Waals surface area contributed by atoms with Gasteiger partial charge in [0.15, 0.2) is 5.82 Å². The number of nitrogens with one attached hydrogen (secondary N) is 2. The molecule has 1 atom stereocenters. The van der Waals surface area contributed by atoms with Gasteiger partial charge in [-0.15, -0.1) is 0 Å². The molecule has 0 fully saturated rings. The Balaban J connectivity index is 1.92. The van der Waals surface area contributed by atoms with Gasteiger partial charge in [-0.3, -0.25) is 0 Å². The summed E-state index contributed by atoms with van der Waals surface area (Å²) in [6.45, 7) is 13.0. The molecule has 3 aromatic rings. The highest BCUT2D eigenvalue weighted by atomic mass is 35.5. The van der Waals surface area contributed by atoms with E-state index in [2.05, 4.69) is 54.7 Å². The van der Waals surface area contributed by atoms with Gasteiger partial charge in [-0.05, 0) is 48.3 Å². The van der Waals surface area contributed by atoms with Crippen molar-refractivity contribution in [3.63, 3.8) is 0 Å². The van der Waals surface area contributed by atoms with Crippen LogP contribution in [0, 0.1) is 10.3 Å². The minimum absolute atomic E-state index is 0.0685. The lowest BCUT2D eigenvalue weighted by atomic mass is 9.87. The Kier molecular flexibility index (Phi) is 6.86. The zero-order chi connectivity index (χ0) is 22.8. The maximum Gasteiger partial charge on any atom is 0.314 e. The van der Waals surface area contributed by atoms with Gasteiger partial charge in [0.05, 0.1) is 12.1 Å². The van der Waals surface area contributed by atoms with Gasteiger partial charge < -0.3 is 14.6 Å². The molecule has 3 rings (SSSR count). The maximum atomic E-state index is 6.44. The summed E-state index contributed by atoms with van der Waals surface area (Å²) in [5.41, 5.74) is 4.29. The number of methoxy groups -OCH3 is 1. The average molecular weight is 459 g/mol. The van der Waals surface area contributed by atoms with E-state index in [0.29, 0.717) is 28.7 Å². The van der Waals surface area contributed by atoms with E-state index in [4.69, 9.17) is 33.1 Å². The Morgan fingerprint density at radius 3 is 2.68 bits per heavy atom. The Morgan fingerprint density at radius 1 is 1.32 bits per heavy atom. The molecular weight excluding hydrogens is 432 g/mol. The van der Waals surface area contributed by atoms with Crippen LogP contribution in [0.4, 0.5) is 5.69 Å². The number of hydrogen-bond acceptors (Lipinski definition) is 6. The van der Waals surface area contributed by atoms with Crippen molar-refractivity contribution in [2.45, 2.75) is 40.2 Å². The zero-order valence-corrected chi connectivity index (χ0v) is 19.9. The molecular formula is C23H27ClN4O2S. The monoisotopic (exact) mass is 458 g/mol. The van der Waals surface area contributed by atoms with Gasteiger partial charge in [0.1, 0.15) is 11.4 Å². The molecule has 0 amide bonds. The van der Waals surface area contributed by atoms with Crippen molar-refractivity contribution >= 4 is 35.1 Å². The quantitative estimate of drug-likeness (QED) is 0.390. The zero-order valence-electron chi connectivity index (χ0n) is 18.4. The fourth-order valence-electron chi connectivity index (χ4n) is 2.93. The van der Waals surface area contributed by atoms with E-state index in [-0.39, 0.29) is 16.3 Å². The first-order chi connectivity index (χ1) is 14.6. The number of aromatic amines is 1. The number of anilines is 1. The third-order valence-electron chi connectivity index (χ3n) is 5.23. The lowest BCUT2D eigenvalue weighted by Gasteiger charge is -2.30. The maximum absolute atomic E-state index is 6.44. The number of hydrogen-bond donors (Lipinski definition) is 2. The molecule has 0 radical (unpaired) electrons. The molecule has 0 saturated carbocycles. The fraction of sp³-hybridized carbons (Fsp3) is 0.348. The van der Waals surface area contributed by atoms with Gasteiger partial charge in [0, 0.05) is 35.5 Å². The van der Waals surface area contributed by atoms with Crippen LogP contribution in [-0.4, -0.2) is 28.3 Å². The average Bonchev–Trinajstić information content (AvgIpc) is 3.14. The third kappa shape index (κ3) is 5.54. The molecule has 0 saturated heterocycles. The van der Waals surface area contributed by atoms with E-state index in [9.17, 15) is 0 Å². The number of pyridine rings is 1. The van der Waals surface area contributed by atoms with Crippen LogP contribution in [0.15, 0.2) is 41.4 Å². The van der Waals surface area contributed by atoms with E-state index in [1.807, 2.05) is 30.3 Å². The highest BCUT2D eigenvalue weighted by Crippen LogP contribution is 2.37. The van der Waals surface area contributed by atoms with Crippen LogP contribution in [0.1, 0.15) is 39.0 Å². The van der Waals surface area contributed by atoms with Crippen molar-refractivity contribution in [1.82, 2.24) is 15.1 Å². The van der Waals surface area contributed by atoms with Crippen molar-refractivity contribution in [2.75, 3.05) is 12.4 Å². The second-order valence-corrected chi connectivity index (χ2v) is 9.25. The first kappa shape index (κ1) is 23.0. The minimum atomic E-state index is 0.0685. The summed E-state index contributed by atoms with van der Waals surface area (Å²) in [5.74, 6) is 1.11. The second-order valence-electron chi connectivity index (χ2n) is 8.49. The number of allylic oxidation sites excluding steroid dienone is 1. The standard InChI is InChI=1S/C23H27ClN4O2S/c1-13(10-15-8-7-9-18(26-15)21-27-22(31)30-28-21)16-11-17(24)20(29-6)12-19(16)25-14(2)23(3,4)5/h7-9,11-12,14,25H,1,10H2,2-6H3,(H,27,28,31). The van der Waals surface area contributed by atoms with Gasteiger partial charge >= 0.3 is 4.84 Å². The van der Waals surface area contributed by atoms with Crippen LogP contribution in [0.3, 0.4) is 0 Å². The number of nitrogens with zero attached hydrogens (tertiary/aromatic N) is 2. The third-order valence-corrected chi connectivity index (χ3v) is 5.70. The topological polar surface area (TPSA) is 76.0 Å². The Bertz CT molecular complexity index is 1150. The van der Waals surface area contributed by atoms with E-state index < -0.39 is 0 Å². The predicted molar refractivity (Wildman–Crippen MR) is 128 cm³/mol. The summed E-state index contributed by atoms with van der Waals surface area (Å²) in [6.07, 6.45) is 0.535. The largest absolute Gasteiger partial charge is 0.495 e.